The highest BCUT2D eigenvalue weighted by Crippen LogP contribution is 2.26. The minimum Gasteiger partial charge on any atom is -0.355 e. The maximum absolute atomic E-state index is 5.21. The lowest BCUT2D eigenvalue weighted by Gasteiger charge is -2.20. The van der Waals surface area contributed by atoms with Gasteiger partial charge in [0.2, 0.25) is 0 Å². The molecule has 84 valence electrons. The van der Waals surface area contributed by atoms with Crippen molar-refractivity contribution >= 4 is 11.8 Å². The number of methoxy groups -OCH3 is 2. The molecular formula is C12H18O2S. The maximum Gasteiger partial charge on any atom is 0.168 e. The second-order valence-corrected chi connectivity index (χ2v) is 4.93. The third-order valence-electron chi connectivity index (χ3n) is 2.19. The van der Waals surface area contributed by atoms with Crippen molar-refractivity contribution in [2.45, 2.75) is 30.3 Å². The molecule has 0 aliphatic carbocycles. The number of ether oxygens (including phenoxy) is 2. The summed E-state index contributed by atoms with van der Waals surface area (Å²) in [4.78, 5) is 1.24. The smallest absolute Gasteiger partial charge is 0.168 e. The van der Waals surface area contributed by atoms with Gasteiger partial charge in [-0.05, 0) is 26.0 Å². The average Bonchev–Trinajstić information content (AvgIpc) is 2.23. The van der Waals surface area contributed by atoms with E-state index in [1.807, 2.05) is 0 Å². The zero-order valence-corrected chi connectivity index (χ0v) is 10.5. The van der Waals surface area contributed by atoms with Gasteiger partial charge < -0.3 is 9.47 Å². The Morgan fingerprint density at radius 1 is 1.07 bits per heavy atom. The highest BCUT2D eigenvalue weighted by Gasteiger charge is 2.16. The minimum atomic E-state index is -0.156. The lowest BCUT2D eigenvalue weighted by atomic mass is 10.2. The van der Waals surface area contributed by atoms with Gasteiger partial charge in [-0.25, -0.2) is 0 Å². The molecule has 0 spiro atoms. The molecule has 2 nitrogen and oxygen atoms in total. The third kappa shape index (κ3) is 3.86. The third-order valence-corrected chi connectivity index (χ3v) is 3.33. The predicted octanol–water partition coefficient (Wildman–Crippen LogP) is 3.09. The molecule has 0 saturated heterocycles. The Morgan fingerprint density at radius 3 is 2.07 bits per heavy atom. The molecular weight excluding hydrogens is 208 g/mol. The molecule has 0 aliphatic rings. The lowest BCUT2D eigenvalue weighted by Crippen LogP contribution is -2.24. The highest BCUT2D eigenvalue weighted by molar-refractivity contribution is 8.00. The van der Waals surface area contributed by atoms with Crippen molar-refractivity contribution in [2.24, 2.45) is 0 Å². The van der Waals surface area contributed by atoms with E-state index in [2.05, 4.69) is 38.1 Å². The van der Waals surface area contributed by atoms with Crippen molar-refractivity contribution in [1.29, 1.82) is 0 Å². The molecule has 0 aliphatic heterocycles. The Labute approximate surface area is 96.0 Å². The van der Waals surface area contributed by atoms with Crippen molar-refractivity contribution in [3.63, 3.8) is 0 Å². The molecule has 1 rings (SSSR count). The van der Waals surface area contributed by atoms with E-state index in [1.165, 1.54) is 10.5 Å². The Morgan fingerprint density at radius 2 is 1.60 bits per heavy atom. The van der Waals surface area contributed by atoms with Crippen LogP contribution >= 0.6 is 11.8 Å². The van der Waals surface area contributed by atoms with Gasteiger partial charge in [0.25, 0.3) is 0 Å². The maximum atomic E-state index is 5.21. The number of hydrogen-bond donors (Lipinski definition) is 0. The number of aryl methyl sites for hydroxylation is 1. The van der Waals surface area contributed by atoms with Crippen LogP contribution in [0.4, 0.5) is 0 Å². The SMILES string of the molecule is COC(OC)C(C)Sc1ccc(C)cc1. The van der Waals surface area contributed by atoms with Crippen LogP contribution in [0.3, 0.4) is 0 Å². The summed E-state index contributed by atoms with van der Waals surface area (Å²) in [6.45, 7) is 4.19. The normalized spacial score (nSPS) is 13.1. The number of benzene rings is 1. The van der Waals surface area contributed by atoms with Crippen molar-refractivity contribution < 1.29 is 9.47 Å². The summed E-state index contributed by atoms with van der Waals surface area (Å²) in [5, 5.41) is 0.280. The molecule has 3 heteroatoms. The molecule has 0 saturated carbocycles. The summed E-state index contributed by atoms with van der Waals surface area (Å²) in [5.41, 5.74) is 1.28. The van der Waals surface area contributed by atoms with Gasteiger partial charge in [0.05, 0.1) is 5.25 Å². The molecule has 15 heavy (non-hydrogen) atoms. The van der Waals surface area contributed by atoms with E-state index in [4.69, 9.17) is 9.47 Å². The summed E-state index contributed by atoms with van der Waals surface area (Å²) in [6.07, 6.45) is -0.156. The molecule has 0 heterocycles. The number of thioether (sulfide) groups is 1. The van der Waals surface area contributed by atoms with Gasteiger partial charge in [0.1, 0.15) is 0 Å². The van der Waals surface area contributed by atoms with E-state index in [0.717, 1.165) is 0 Å². The molecule has 0 bridgehead atoms. The summed E-state index contributed by atoms with van der Waals surface area (Å²) in [5.74, 6) is 0. The van der Waals surface area contributed by atoms with E-state index in [1.54, 1.807) is 26.0 Å². The Kier molecular flexibility index (Phi) is 5.15. The van der Waals surface area contributed by atoms with E-state index in [0.29, 0.717) is 0 Å². The van der Waals surface area contributed by atoms with Crippen LogP contribution in [0.25, 0.3) is 0 Å². The molecule has 0 fully saturated rings. The van der Waals surface area contributed by atoms with Crippen LogP contribution in [0.5, 0.6) is 0 Å². The molecule has 1 aromatic rings. The van der Waals surface area contributed by atoms with Crippen LogP contribution in [0, 0.1) is 6.92 Å². The fourth-order valence-electron chi connectivity index (χ4n) is 1.37. The molecule has 0 N–H and O–H groups in total. The summed E-state index contributed by atoms with van der Waals surface area (Å²) < 4.78 is 10.4. The van der Waals surface area contributed by atoms with Gasteiger partial charge in [-0.1, -0.05) is 17.7 Å². The topological polar surface area (TPSA) is 18.5 Å². The first-order chi connectivity index (χ1) is 7.17. The quantitative estimate of drug-likeness (QED) is 0.568. The Bertz CT molecular complexity index is 280. The zero-order valence-electron chi connectivity index (χ0n) is 9.69. The van der Waals surface area contributed by atoms with Gasteiger partial charge in [-0.2, -0.15) is 0 Å². The molecule has 1 aromatic carbocycles. The lowest BCUT2D eigenvalue weighted by molar-refractivity contribution is -0.0988. The van der Waals surface area contributed by atoms with E-state index in [9.17, 15) is 0 Å². The van der Waals surface area contributed by atoms with Crippen LogP contribution in [-0.2, 0) is 9.47 Å². The van der Waals surface area contributed by atoms with Gasteiger partial charge in [-0.15, -0.1) is 11.8 Å². The zero-order chi connectivity index (χ0) is 11.3. The summed E-state index contributed by atoms with van der Waals surface area (Å²) in [7, 11) is 3.33. The number of hydrogen-bond acceptors (Lipinski definition) is 3. The molecule has 0 amide bonds. The van der Waals surface area contributed by atoms with Crippen molar-refractivity contribution in [3.8, 4) is 0 Å². The van der Waals surface area contributed by atoms with Crippen molar-refractivity contribution in [3.05, 3.63) is 29.8 Å². The van der Waals surface area contributed by atoms with Crippen LogP contribution in [0.2, 0.25) is 0 Å². The predicted molar refractivity (Wildman–Crippen MR) is 64.3 cm³/mol. The highest BCUT2D eigenvalue weighted by atomic mass is 32.2. The Balaban J connectivity index is 2.57. The van der Waals surface area contributed by atoms with Gasteiger partial charge in [0.15, 0.2) is 6.29 Å². The minimum absolute atomic E-state index is 0.156. The molecule has 0 aromatic heterocycles. The largest absolute Gasteiger partial charge is 0.355 e. The van der Waals surface area contributed by atoms with Gasteiger partial charge in [0, 0.05) is 19.1 Å². The van der Waals surface area contributed by atoms with E-state index < -0.39 is 0 Å². The summed E-state index contributed by atoms with van der Waals surface area (Å²) >= 11 is 1.76. The molecule has 1 unspecified atom stereocenters. The van der Waals surface area contributed by atoms with Gasteiger partial charge in [-0.3, -0.25) is 0 Å². The summed E-state index contributed by atoms with van der Waals surface area (Å²) in [6, 6.07) is 8.48. The second-order valence-electron chi connectivity index (χ2n) is 3.48. The van der Waals surface area contributed by atoms with Crippen LogP contribution in [0.1, 0.15) is 12.5 Å². The fraction of sp³-hybridized carbons (Fsp3) is 0.500. The van der Waals surface area contributed by atoms with Gasteiger partial charge >= 0.3 is 0 Å². The first-order valence-electron chi connectivity index (χ1n) is 4.96. The standard InChI is InChI=1S/C12H18O2S/c1-9-5-7-11(8-6-9)15-10(2)12(13-3)14-4/h5-8,10,12H,1-4H3. The monoisotopic (exact) mass is 226 g/mol. The van der Waals surface area contributed by atoms with Crippen molar-refractivity contribution in [1.82, 2.24) is 0 Å². The van der Waals surface area contributed by atoms with Crippen molar-refractivity contribution in [2.75, 3.05) is 14.2 Å². The molecule has 0 radical (unpaired) electrons. The van der Waals surface area contributed by atoms with Crippen LogP contribution in [0.15, 0.2) is 29.2 Å². The number of rotatable bonds is 5. The first kappa shape index (κ1) is 12.6. The second kappa shape index (κ2) is 6.16. The fourth-order valence-corrected chi connectivity index (χ4v) is 2.42. The average molecular weight is 226 g/mol. The Hall–Kier alpha value is -0.510. The molecule has 1 atom stereocenters. The van der Waals surface area contributed by atoms with Crippen LogP contribution in [-0.4, -0.2) is 25.8 Å². The first-order valence-corrected chi connectivity index (χ1v) is 5.84. The van der Waals surface area contributed by atoms with E-state index >= 15 is 0 Å². The van der Waals surface area contributed by atoms with E-state index in [-0.39, 0.29) is 11.5 Å². The van der Waals surface area contributed by atoms with Crippen LogP contribution < -0.4 is 0 Å².